The van der Waals surface area contributed by atoms with E-state index >= 15 is 0 Å². The summed E-state index contributed by atoms with van der Waals surface area (Å²) in [5.41, 5.74) is 1.42. The number of carbonyl (C=O) groups is 1. The van der Waals surface area contributed by atoms with Crippen LogP contribution in [0, 0.1) is 0 Å². The molecule has 2 aromatic carbocycles. The number of quaternary nitrogens is 1. The van der Waals surface area contributed by atoms with Crippen molar-refractivity contribution in [1.82, 2.24) is 0 Å². The fraction of sp³-hybridized carbons (Fsp3) is 0.667. The zero-order chi connectivity index (χ0) is 30.1. The Bertz CT molecular complexity index is 913. The molecule has 0 amide bonds. The van der Waals surface area contributed by atoms with Crippen LogP contribution >= 0.6 is 0 Å². The third-order valence-corrected chi connectivity index (χ3v) is 8.70. The molecule has 0 aliphatic rings. The molecule has 244 valence electrons. The second-order valence-electron chi connectivity index (χ2n) is 13.2. The van der Waals surface area contributed by atoms with Gasteiger partial charge in [-0.25, -0.2) is 0 Å². The van der Waals surface area contributed by atoms with Crippen LogP contribution in [0.1, 0.15) is 151 Å². The average molecular weight is 614 g/mol. The van der Waals surface area contributed by atoms with Gasteiger partial charge in [-0.15, -0.1) is 0 Å². The highest BCUT2D eigenvalue weighted by atomic mass is 35.5. The molecule has 0 fully saturated rings. The molecule has 0 unspecified atom stereocenters. The van der Waals surface area contributed by atoms with E-state index in [1.807, 2.05) is 54.6 Å². The smallest absolute Gasteiger partial charge is 0.193 e. The van der Waals surface area contributed by atoms with Gasteiger partial charge in [0, 0.05) is 11.1 Å². The van der Waals surface area contributed by atoms with E-state index in [0.717, 1.165) is 28.8 Å². The van der Waals surface area contributed by atoms with Gasteiger partial charge in [-0.05, 0) is 62.8 Å². The lowest BCUT2D eigenvalue weighted by atomic mass is 10.0. The fourth-order valence-corrected chi connectivity index (χ4v) is 5.84. The van der Waals surface area contributed by atoms with E-state index in [4.69, 9.17) is 4.74 Å². The van der Waals surface area contributed by atoms with E-state index in [9.17, 15) is 4.79 Å². The SMILES string of the molecule is CCCCCCCCCCCCCCCCCC[N+](C)(C)CCCCCCOc1ccc(C(=O)c2ccccc2)cc1.[Cl-]. The number of benzene rings is 2. The fourth-order valence-electron chi connectivity index (χ4n) is 5.84. The normalized spacial score (nSPS) is 11.3. The third-order valence-electron chi connectivity index (χ3n) is 8.70. The molecule has 0 bridgehead atoms. The van der Waals surface area contributed by atoms with Crippen LogP contribution in [-0.4, -0.2) is 44.1 Å². The summed E-state index contributed by atoms with van der Waals surface area (Å²) in [6.07, 6.45) is 27.8. The number of unbranched alkanes of at least 4 members (excludes halogenated alkanes) is 18. The van der Waals surface area contributed by atoms with Crippen LogP contribution < -0.4 is 17.1 Å². The number of carbonyl (C=O) groups excluding carboxylic acids is 1. The quantitative estimate of drug-likeness (QED) is 0.0577. The number of ether oxygens (including phenoxy) is 1. The second kappa shape index (κ2) is 25.5. The molecule has 0 spiro atoms. The lowest BCUT2D eigenvalue weighted by Crippen LogP contribution is -3.00. The molecule has 0 radical (unpaired) electrons. The summed E-state index contributed by atoms with van der Waals surface area (Å²) in [6, 6.07) is 17.0. The molecule has 0 aliphatic carbocycles. The zero-order valence-corrected chi connectivity index (χ0v) is 28.9. The summed E-state index contributed by atoms with van der Waals surface area (Å²) >= 11 is 0. The molecule has 3 nitrogen and oxygen atoms in total. The number of rotatable bonds is 27. The number of hydrogen-bond acceptors (Lipinski definition) is 2. The van der Waals surface area contributed by atoms with Gasteiger partial charge in [-0.3, -0.25) is 4.79 Å². The molecule has 0 saturated carbocycles. The van der Waals surface area contributed by atoms with Crippen molar-refractivity contribution in [3.63, 3.8) is 0 Å². The first kappa shape index (κ1) is 39.2. The molecule has 0 aromatic heterocycles. The molecule has 0 N–H and O–H groups in total. The van der Waals surface area contributed by atoms with Crippen molar-refractivity contribution in [2.45, 2.75) is 135 Å². The maximum atomic E-state index is 12.5. The Labute approximate surface area is 272 Å². The summed E-state index contributed by atoms with van der Waals surface area (Å²) in [6.45, 7) is 5.62. The Hall–Kier alpha value is -1.84. The van der Waals surface area contributed by atoms with Gasteiger partial charge in [0.2, 0.25) is 0 Å². The Morgan fingerprint density at radius 3 is 1.40 bits per heavy atom. The predicted octanol–water partition coefficient (Wildman–Crippen LogP) is 8.20. The topological polar surface area (TPSA) is 26.3 Å². The zero-order valence-electron chi connectivity index (χ0n) is 28.1. The van der Waals surface area contributed by atoms with Crippen molar-refractivity contribution >= 4 is 5.78 Å². The van der Waals surface area contributed by atoms with Gasteiger partial charge < -0.3 is 21.6 Å². The van der Waals surface area contributed by atoms with Gasteiger partial charge in [0.1, 0.15) is 5.75 Å². The van der Waals surface area contributed by atoms with Crippen molar-refractivity contribution < 1.29 is 26.4 Å². The predicted molar refractivity (Wildman–Crippen MR) is 182 cm³/mol. The maximum Gasteiger partial charge on any atom is 0.193 e. The van der Waals surface area contributed by atoms with E-state index in [2.05, 4.69) is 21.0 Å². The number of hydrogen-bond donors (Lipinski definition) is 0. The lowest BCUT2D eigenvalue weighted by Gasteiger charge is -2.30. The van der Waals surface area contributed by atoms with Crippen molar-refractivity contribution in [3.05, 3.63) is 65.7 Å². The van der Waals surface area contributed by atoms with E-state index in [-0.39, 0.29) is 18.2 Å². The van der Waals surface area contributed by atoms with Crippen molar-refractivity contribution in [2.24, 2.45) is 0 Å². The monoisotopic (exact) mass is 613 g/mol. The molecule has 43 heavy (non-hydrogen) atoms. The van der Waals surface area contributed by atoms with Crippen LogP contribution in [0.3, 0.4) is 0 Å². The summed E-state index contributed by atoms with van der Waals surface area (Å²) < 4.78 is 7.07. The lowest BCUT2D eigenvalue weighted by molar-refractivity contribution is -0.890. The van der Waals surface area contributed by atoms with Gasteiger partial charge in [-0.1, -0.05) is 127 Å². The van der Waals surface area contributed by atoms with Crippen molar-refractivity contribution in [2.75, 3.05) is 33.8 Å². The van der Waals surface area contributed by atoms with E-state index in [1.165, 1.54) is 135 Å². The van der Waals surface area contributed by atoms with Crippen molar-refractivity contribution in [3.8, 4) is 5.75 Å². The molecular weight excluding hydrogens is 550 g/mol. The standard InChI is InChI=1S/C39H64NO2.ClH/c1-4-5-6-7-8-9-10-11-12-13-14-15-16-17-18-24-33-40(2,3)34-25-19-20-26-35-42-38-31-29-37(30-32-38)39(41)36-27-22-21-23-28-36;/h21-23,27-32H,4-20,24-26,33-35H2,1-3H3;1H/q+1;/p-1. The van der Waals surface area contributed by atoms with Crippen LogP contribution in [0.5, 0.6) is 5.75 Å². The third kappa shape index (κ3) is 19.9. The Balaban J connectivity index is 0.00000924. The minimum absolute atomic E-state index is 0. The minimum Gasteiger partial charge on any atom is -1.00 e. The van der Waals surface area contributed by atoms with Gasteiger partial charge in [0.25, 0.3) is 0 Å². The summed E-state index contributed by atoms with van der Waals surface area (Å²) in [5, 5.41) is 0. The van der Waals surface area contributed by atoms with Crippen molar-refractivity contribution in [1.29, 1.82) is 0 Å². The number of ketones is 1. The first-order valence-electron chi connectivity index (χ1n) is 17.7. The molecular formula is C39H64ClNO2. The minimum atomic E-state index is 0. The van der Waals surface area contributed by atoms with Crippen LogP contribution in [-0.2, 0) is 0 Å². The first-order valence-corrected chi connectivity index (χ1v) is 17.7. The second-order valence-corrected chi connectivity index (χ2v) is 13.2. The molecule has 0 aliphatic heterocycles. The highest BCUT2D eigenvalue weighted by Crippen LogP contribution is 2.17. The van der Waals surface area contributed by atoms with Gasteiger partial charge in [0.15, 0.2) is 5.78 Å². The highest BCUT2D eigenvalue weighted by molar-refractivity contribution is 6.08. The van der Waals surface area contributed by atoms with E-state index < -0.39 is 0 Å². The Morgan fingerprint density at radius 2 is 0.930 bits per heavy atom. The van der Waals surface area contributed by atoms with Gasteiger partial charge in [-0.2, -0.15) is 0 Å². The average Bonchev–Trinajstić information content (AvgIpc) is 3.00. The largest absolute Gasteiger partial charge is 1.00 e. The molecule has 0 heterocycles. The summed E-state index contributed by atoms with van der Waals surface area (Å²) in [7, 11) is 4.81. The maximum absolute atomic E-state index is 12.5. The molecule has 2 aromatic rings. The van der Waals surface area contributed by atoms with Gasteiger partial charge in [0.05, 0.1) is 33.8 Å². The Kier molecular flexibility index (Phi) is 23.2. The molecule has 2 rings (SSSR count). The molecule has 0 atom stereocenters. The molecule has 4 heteroatoms. The highest BCUT2D eigenvalue weighted by Gasteiger charge is 2.13. The van der Waals surface area contributed by atoms with Crippen LogP contribution in [0.4, 0.5) is 0 Å². The van der Waals surface area contributed by atoms with Gasteiger partial charge >= 0.3 is 0 Å². The summed E-state index contributed by atoms with van der Waals surface area (Å²) in [5.74, 6) is 0.898. The van der Waals surface area contributed by atoms with Crippen LogP contribution in [0.15, 0.2) is 54.6 Å². The Morgan fingerprint density at radius 1 is 0.535 bits per heavy atom. The number of halogens is 1. The van der Waals surface area contributed by atoms with Crippen LogP contribution in [0.2, 0.25) is 0 Å². The first-order chi connectivity index (χ1) is 20.5. The van der Waals surface area contributed by atoms with E-state index in [1.54, 1.807) is 0 Å². The number of nitrogens with zero attached hydrogens (tertiary/aromatic N) is 1. The summed E-state index contributed by atoms with van der Waals surface area (Å²) in [4.78, 5) is 12.5. The molecule has 0 saturated heterocycles. The van der Waals surface area contributed by atoms with E-state index in [0.29, 0.717) is 5.56 Å². The van der Waals surface area contributed by atoms with Crippen LogP contribution in [0.25, 0.3) is 0 Å².